The van der Waals surface area contributed by atoms with Gasteiger partial charge in [-0.25, -0.2) is 23.4 Å². The first kappa shape index (κ1) is 29.1. The van der Waals surface area contributed by atoms with Crippen LogP contribution in [0.3, 0.4) is 0 Å². The molecule has 0 saturated heterocycles. The number of rotatable bonds is 11. The van der Waals surface area contributed by atoms with Crippen LogP contribution in [0.5, 0.6) is 5.88 Å². The molecule has 214 valence electrons. The minimum absolute atomic E-state index is 0.00732. The quantitative estimate of drug-likeness (QED) is 0.278. The number of methoxy groups -OCH3 is 1. The minimum atomic E-state index is -4.11. The van der Waals surface area contributed by atoms with E-state index in [1.807, 2.05) is 34.6 Å². The fourth-order valence-electron chi connectivity index (χ4n) is 4.38. The minimum Gasteiger partial charge on any atom is -0.481 e. The van der Waals surface area contributed by atoms with E-state index in [-0.39, 0.29) is 17.9 Å². The smallest absolute Gasteiger partial charge is 0.240 e. The SMILES string of the molecule is COc1cccc(-c2nnc(NS(=O)(=O)C(C)C(OC(C)C)c3ncc(C)cn3)n2C(C)c2c(C)noc2C)n1. The number of aromatic nitrogens is 7. The van der Waals surface area contributed by atoms with Crippen molar-refractivity contribution >= 4 is 16.0 Å². The highest BCUT2D eigenvalue weighted by atomic mass is 32.2. The third-order valence-corrected chi connectivity index (χ3v) is 8.07. The van der Waals surface area contributed by atoms with E-state index >= 15 is 0 Å². The maximum Gasteiger partial charge on any atom is 0.240 e. The number of ether oxygens (including phenoxy) is 2. The first-order chi connectivity index (χ1) is 18.9. The van der Waals surface area contributed by atoms with E-state index in [4.69, 9.17) is 14.0 Å². The number of aryl methyl sites for hydroxylation is 3. The second-order valence-corrected chi connectivity index (χ2v) is 11.8. The van der Waals surface area contributed by atoms with Crippen molar-refractivity contribution in [3.05, 3.63) is 59.0 Å². The Morgan fingerprint density at radius 3 is 2.33 bits per heavy atom. The van der Waals surface area contributed by atoms with Crippen LogP contribution in [0.25, 0.3) is 11.5 Å². The topological polar surface area (TPSA) is 160 Å². The fraction of sp³-hybridized carbons (Fsp3) is 0.462. The first-order valence-corrected chi connectivity index (χ1v) is 14.3. The molecule has 0 saturated carbocycles. The zero-order valence-electron chi connectivity index (χ0n) is 23.8. The Kier molecular flexibility index (Phi) is 8.49. The average Bonchev–Trinajstić information content (AvgIpc) is 3.48. The lowest BCUT2D eigenvalue weighted by Crippen LogP contribution is -2.35. The summed E-state index contributed by atoms with van der Waals surface area (Å²) in [5.74, 6) is 1.55. The standard InChI is InChI=1S/C26H34N8O5S/c1-14(2)38-23(24-27-12-15(3)13-28-24)19(7)40(35,36)33-26-31-30-25(20-10-9-11-21(29-20)37-8)34(26)17(5)22-16(4)32-39-18(22)6/h9-14,17,19,23H,1-8H3,(H,31,33). The molecule has 0 fully saturated rings. The molecule has 4 rings (SSSR count). The third-order valence-electron chi connectivity index (χ3n) is 6.37. The van der Waals surface area contributed by atoms with Gasteiger partial charge in [0.2, 0.25) is 21.9 Å². The summed E-state index contributed by atoms with van der Waals surface area (Å²) >= 11 is 0. The summed E-state index contributed by atoms with van der Waals surface area (Å²) in [5, 5.41) is 11.5. The Morgan fingerprint density at radius 2 is 1.73 bits per heavy atom. The molecular weight excluding hydrogens is 536 g/mol. The number of nitrogens with one attached hydrogen (secondary N) is 1. The summed E-state index contributed by atoms with van der Waals surface area (Å²) < 4.78 is 48.6. The molecule has 0 aromatic carbocycles. The van der Waals surface area contributed by atoms with Crippen molar-refractivity contribution < 1.29 is 22.4 Å². The van der Waals surface area contributed by atoms with Crippen LogP contribution in [-0.2, 0) is 14.8 Å². The van der Waals surface area contributed by atoms with E-state index in [1.54, 1.807) is 49.0 Å². The van der Waals surface area contributed by atoms with Crippen LogP contribution in [0.2, 0.25) is 0 Å². The number of hydrogen-bond donors (Lipinski definition) is 1. The molecule has 14 heteroatoms. The molecule has 4 aromatic rings. The van der Waals surface area contributed by atoms with Crippen LogP contribution in [-0.4, -0.2) is 61.8 Å². The Balaban J connectivity index is 1.79. The van der Waals surface area contributed by atoms with E-state index in [1.165, 1.54) is 7.11 Å². The first-order valence-electron chi connectivity index (χ1n) is 12.8. The zero-order valence-corrected chi connectivity index (χ0v) is 24.6. The Labute approximate surface area is 233 Å². The summed E-state index contributed by atoms with van der Waals surface area (Å²) in [5.41, 5.74) is 2.72. The second kappa shape index (κ2) is 11.7. The molecule has 0 aliphatic rings. The predicted octanol–water partition coefficient (Wildman–Crippen LogP) is 3.96. The fourth-order valence-corrected chi connectivity index (χ4v) is 5.47. The molecule has 3 unspecified atom stereocenters. The summed E-state index contributed by atoms with van der Waals surface area (Å²) in [7, 11) is -2.59. The van der Waals surface area contributed by atoms with Crippen molar-refractivity contribution in [2.75, 3.05) is 11.8 Å². The average molecular weight is 571 g/mol. The van der Waals surface area contributed by atoms with Gasteiger partial charge in [-0.3, -0.25) is 9.29 Å². The zero-order chi connectivity index (χ0) is 29.2. The summed E-state index contributed by atoms with van der Waals surface area (Å²) in [6.45, 7) is 12.5. The molecule has 13 nitrogen and oxygen atoms in total. The Bertz CT molecular complexity index is 1550. The molecule has 4 aromatic heterocycles. The van der Waals surface area contributed by atoms with Gasteiger partial charge in [0, 0.05) is 24.0 Å². The van der Waals surface area contributed by atoms with Gasteiger partial charge in [-0.2, -0.15) is 0 Å². The summed E-state index contributed by atoms with van der Waals surface area (Å²) in [6.07, 6.45) is 2.04. The molecule has 0 radical (unpaired) electrons. The molecular formula is C26H34N8O5S. The second-order valence-electron chi connectivity index (χ2n) is 9.77. The van der Waals surface area contributed by atoms with Crippen molar-refractivity contribution in [2.45, 2.75) is 72.0 Å². The van der Waals surface area contributed by atoms with E-state index in [9.17, 15) is 8.42 Å². The Hall–Kier alpha value is -3.91. The molecule has 4 heterocycles. The van der Waals surface area contributed by atoms with Gasteiger partial charge >= 0.3 is 0 Å². The van der Waals surface area contributed by atoms with E-state index in [2.05, 4.69) is 35.0 Å². The number of pyridine rings is 1. The van der Waals surface area contributed by atoms with Crippen molar-refractivity contribution in [3.63, 3.8) is 0 Å². The lowest BCUT2D eigenvalue weighted by Gasteiger charge is -2.26. The molecule has 3 atom stereocenters. The summed E-state index contributed by atoms with van der Waals surface area (Å²) in [6, 6.07) is 4.74. The molecule has 0 aliphatic carbocycles. The van der Waals surface area contributed by atoms with Crippen LogP contribution in [0.4, 0.5) is 5.95 Å². The van der Waals surface area contributed by atoms with Gasteiger partial charge in [0.25, 0.3) is 0 Å². The lowest BCUT2D eigenvalue weighted by molar-refractivity contribution is 0.00152. The van der Waals surface area contributed by atoms with Crippen LogP contribution < -0.4 is 9.46 Å². The van der Waals surface area contributed by atoms with E-state index < -0.39 is 27.4 Å². The number of sulfonamides is 1. The predicted molar refractivity (Wildman–Crippen MR) is 147 cm³/mol. The highest BCUT2D eigenvalue weighted by Crippen LogP contribution is 2.33. The highest BCUT2D eigenvalue weighted by Gasteiger charge is 2.36. The summed E-state index contributed by atoms with van der Waals surface area (Å²) in [4.78, 5) is 13.2. The number of anilines is 1. The van der Waals surface area contributed by atoms with Crippen LogP contribution in [0.1, 0.15) is 68.2 Å². The molecule has 0 aliphatic heterocycles. The van der Waals surface area contributed by atoms with Crippen LogP contribution in [0.15, 0.2) is 35.1 Å². The van der Waals surface area contributed by atoms with Gasteiger partial charge in [-0.1, -0.05) is 11.2 Å². The molecule has 0 spiro atoms. The normalized spacial score (nSPS) is 14.2. The maximum absolute atomic E-state index is 13.8. The van der Waals surface area contributed by atoms with Crippen molar-refractivity contribution in [3.8, 4) is 17.4 Å². The van der Waals surface area contributed by atoms with Gasteiger partial charge < -0.3 is 14.0 Å². The maximum atomic E-state index is 13.8. The lowest BCUT2D eigenvalue weighted by atomic mass is 10.1. The van der Waals surface area contributed by atoms with E-state index in [0.29, 0.717) is 28.9 Å². The largest absolute Gasteiger partial charge is 0.481 e. The molecule has 0 bridgehead atoms. The highest BCUT2D eigenvalue weighted by molar-refractivity contribution is 7.93. The van der Waals surface area contributed by atoms with Gasteiger partial charge in [-0.15, -0.1) is 10.2 Å². The molecule has 0 amide bonds. The van der Waals surface area contributed by atoms with Crippen LogP contribution in [0, 0.1) is 20.8 Å². The van der Waals surface area contributed by atoms with Crippen molar-refractivity contribution in [2.24, 2.45) is 0 Å². The Morgan fingerprint density at radius 1 is 1.02 bits per heavy atom. The van der Waals surface area contributed by atoms with Gasteiger partial charge in [-0.05, 0) is 60.1 Å². The monoisotopic (exact) mass is 570 g/mol. The van der Waals surface area contributed by atoms with Crippen LogP contribution >= 0.6 is 0 Å². The van der Waals surface area contributed by atoms with Crippen molar-refractivity contribution in [1.29, 1.82) is 0 Å². The van der Waals surface area contributed by atoms with E-state index in [0.717, 1.165) is 11.1 Å². The number of nitrogens with zero attached hydrogens (tertiary/aromatic N) is 7. The molecule has 1 N–H and O–H groups in total. The van der Waals surface area contributed by atoms with Gasteiger partial charge in [0.15, 0.2) is 11.6 Å². The van der Waals surface area contributed by atoms with Gasteiger partial charge in [0.1, 0.15) is 22.8 Å². The van der Waals surface area contributed by atoms with Gasteiger partial charge in [0.05, 0.1) is 24.9 Å². The third kappa shape index (κ3) is 5.97. The number of hydrogen-bond acceptors (Lipinski definition) is 11. The van der Waals surface area contributed by atoms with Crippen molar-refractivity contribution in [1.82, 2.24) is 34.9 Å². The molecule has 40 heavy (non-hydrogen) atoms.